The Morgan fingerprint density at radius 2 is 2.19 bits per heavy atom. The largest absolute Gasteiger partial charge is 0.381 e. The van der Waals surface area contributed by atoms with Gasteiger partial charge in [-0.1, -0.05) is 55.5 Å². The van der Waals surface area contributed by atoms with Crippen molar-refractivity contribution in [1.29, 1.82) is 0 Å². The van der Waals surface area contributed by atoms with E-state index in [-0.39, 0.29) is 0 Å². The van der Waals surface area contributed by atoms with Gasteiger partial charge >= 0.3 is 0 Å². The summed E-state index contributed by atoms with van der Waals surface area (Å²) in [4.78, 5) is 0. The smallest absolute Gasteiger partial charge is 0.0445 e. The van der Waals surface area contributed by atoms with Gasteiger partial charge in [0.25, 0.3) is 0 Å². The molecule has 0 amide bonds. The summed E-state index contributed by atoms with van der Waals surface area (Å²) in [6.07, 6.45) is 15.6. The van der Waals surface area contributed by atoms with Crippen LogP contribution in [0.5, 0.6) is 0 Å². The van der Waals surface area contributed by atoms with Crippen LogP contribution < -0.4 is 5.32 Å². The molecular formula is C25H31N. The summed E-state index contributed by atoms with van der Waals surface area (Å²) in [6.45, 7) is 8.85. The predicted molar refractivity (Wildman–Crippen MR) is 114 cm³/mol. The van der Waals surface area contributed by atoms with Crippen LogP contribution in [0, 0.1) is 12.8 Å². The van der Waals surface area contributed by atoms with E-state index in [1.807, 2.05) is 0 Å². The molecule has 0 fully saturated rings. The van der Waals surface area contributed by atoms with E-state index in [0.29, 0.717) is 12.0 Å². The van der Waals surface area contributed by atoms with Crippen LogP contribution >= 0.6 is 0 Å². The third kappa shape index (κ3) is 3.94. The van der Waals surface area contributed by atoms with Crippen LogP contribution in [-0.4, -0.2) is 6.04 Å². The van der Waals surface area contributed by atoms with Crippen molar-refractivity contribution in [3.8, 4) is 0 Å². The third-order valence-electron chi connectivity index (χ3n) is 5.56. The zero-order valence-corrected chi connectivity index (χ0v) is 16.6. The minimum Gasteiger partial charge on any atom is -0.381 e. The number of anilines is 1. The number of rotatable bonds is 6. The average molecular weight is 346 g/mol. The van der Waals surface area contributed by atoms with E-state index < -0.39 is 0 Å². The standard InChI is InChI=1S/C25H31N/c1-5-11-22-15-10-12-18(3)25(22)26-19(4)23-16-20(6-2)17-24(23)21-13-8-7-9-14-21/h5,7-8,10-13,15,19,23,26H,6,9,14,16H2,1-4H3/b11-5-/t19-,23?/m1/s1. The SMILES string of the molecule is C/C=C\c1cccc(C)c1N[C@H](C)C1CC(CC)=C=C1C1=CC=CCC1. The molecule has 26 heavy (non-hydrogen) atoms. The normalized spacial score (nSPS) is 20.8. The lowest BCUT2D eigenvalue weighted by atomic mass is 9.84. The molecule has 0 bridgehead atoms. The van der Waals surface area contributed by atoms with Crippen molar-refractivity contribution in [3.05, 3.63) is 76.1 Å². The molecule has 0 heterocycles. The molecule has 1 heteroatoms. The number of aryl methyl sites for hydroxylation is 1. The summed E-state index contributed by atoms with van der Waals surface area (Å²) in [5.41, 5.74) is 12.0. The maximum atomic E-state index is 3.85. The Hall–Kier alpha value is -2.24. The van der Waals surface area contributed by atoms with Crippen molar-refractivity contribution < 1.29 is 0 Å². The summed E-state index contributed by atoms with van der Waals surface area (Å²) in [5, 5.41) is 3.85. The second-order valence-electron chi connectivity index (χ2n) is 7.44. The predicted octanol–water partition coefficient (Wildman–Crippen LogP) is 6.99. The number of hydrogen-bond donors (Lipinski definition) is 1. The van der Waals surface area contributed by atoms with E-state index in [4.69, 9.17) is 0 Å². The molecule has 0 radical (unpaired) electrons. The molecule has 0 aliphatic heterocycles. The van der Waals surface area contributed by atoms with Crippen molar-refractivity contribution in [2.24, 2.45) is 5.92 Å². The zero-order valence-electron chi connectivity index (χ0n) is 16.6. The summed E-state index contributed by atoms with van der Waals surface area (Å²) < 4.78 is 0. The number of nitrogens with one attached hydrogen (secondary N) is 1. The summed E-state index contributed by atoms with van der Waals surface area (Å²) in [7, 11) is 0. The zero-order chi connectivity index (χ0) is 18.5. The molecule has 1 N–H and O–H groups in total. The van der Waals surface area contributed by atoms with Crippen molar-refractivity contribution in [2.75, 3.05) is 5.32 Å². The van der Waals surface area contributed by atoms with Gasteiger partial charge in [-0.05, 0) is 68.7 Å². The molecule has 136 valence electrons. The van der Waals surface area contributed by atoms with Crippen molar-refractivity contribution in [1.82, 2.24) is 0 Å². The highest BCUT2D eigenvalue weighted by molar-refractivity contribution is 5.70. The highest BCUT2D eigenvalue weighted by atomic mass is 14.9. The first kappa shape index (κ1) is 18.5. The fraction of sp³-hybridized carbons (Fsp3) is 0.400. The Morgan fingerprint density at radius 1 is 1.35 bits per heavy atom. The summed E-state index contributed by atoms with van der Waals surface area (Å²) in [5.74, 6) is 0.501. The minimum absolute atomic E-state index is 0.374. The molecule has 2 aliphatic carbocycles. The molecule has 1 aromatic rings. The molecule has 0 spiro atoms. The molecule has 2 aliphatic rings. The van der Waals surface area contributed by atoms with Gasteiger partial charge < -0.3 is 5.32 Å². The van der Waals surface area contributed by atoms with Gasteiger partial charge in [0.15, 0.2) is 0 Å². The third-order valence-corrected chi connectivity index (χ3v) is 5.56. The molecule has 0 saturated carbocycles. The van der Waals surface area contributed by atoms with Gasteiger partial charge in [-0.15, -0.1) is 5.73 Å². The van der Waals surface area contributed by atoms with Crippen molar-refractivity contribution >= 4 is 11.8 Å². The Balaban J connectivity index is 1.87. The summed E-state index contributed by atoms with van der Waals surface area (Å²) in [6, 6.07) is 6.89. The Bertz CT molecular complexity index is 813. The fourth-order valence-corrected chi connectivity index (χ4v) is 4.04. The van der Waals surface area contributed by atoms with Gasteiger partial charge in [0.2, 0.25) is 0 Å². The van der Waals surface area contributed by atoms with E-state index in [1.54, 1.807) is 0 Å². The second-order valence-corrected chi connectivity index (χ2v) is 7.44. The quantitative estimate of drug-likeness (QED) is 0.548. The van der Waals surface area contributed by atoms with Crippen molar-refractivity contribution in [2.45, 2.75) is 59.4 Å². The Kier molecular flexibility index (Phi) is 6.01. The first-order valence-corrected chi connectivity index (χ1v) is 9.97. The Labute approximate surface area is 158 Å². The van der Waals surface area contributed by atoms with Gasteiger partial charge in [-0.3, -0.25) is 0 Å². The highest BCUT2D eigenvalue weighted by Crippen LogP contribution is 2.38. The molecule has 2 atom stereocenters. The Morgan fingerprint density at radius 3 is 2.88 bits per heavy atom. The van der Waals surface area contributed by atoms with Crippen molar-refractivity contribution in [3.63, 3.8) is 0 Å². The second kappa shape index (κ2) is 8.43. The van der Waals surface area contributed by atoms with E-state index in [1.165, 1.54) is 33.5 Å². The molecule has 3 rings (SSSR count). The van der Waals surface area contributed by atoms with Gasteiger partial charge in [0, 0.05) is 23.2 Å². The summed E-state index contributed by atoms with van der Waals surface area (Å²) >= 11 is 0. The first-order valence-electron chi connectivity index (χ1n) is 9.97. The topological polar surface area (TPSA) is 12.0 Å². The molecule has 0 saturated heterocycles. The van der Waals surface area contributed by atoms with E-state index in [0.717, 1.165) is 25.7 Å². The van der Waals surface area contributed by atoms with E-state index in [9.17, 15) is 0 Å². The molecule has 1 aromatic carbocycles. The van der Waals surface area contributed by atoms with E-state index >= 15 is 0 Å². The van der Waals surface area contributed by atoms with Gasteiger partial charge in [0.05, 0.1) is 0 Å². The van der Waals surface area contributed by atoms with Crippen LogP contribution in [0.25, 0.3) is 6.08 Å². The lowest BCUT2D eigenvalue weighted by Gasteiger charge is -2.28. The number of benzene rings is 1. The number of allylic oxidation sites excluding steroid dienone is 5. The fourth-order valence-electron chi connectivity index (χ4n) is 4.04. The van der Waals surface area contributed by atoms with Crippen LogP contribution in [0.2, 0.25) is 0 Å². The van der Waals surface area contributed by atoms with Gasteiger partial charge in [0.1, 0.15) is 0 Å². The minimum atomic E-state index is 0.374. The lowest BCUT2D eigenvalue weighted by molar-refractivity contribution is 0.543. The first-order chi connectivity index (χ1) is 12.6. The van der Waals surface area contributed by atoms with Gasteiger partial charge in [-0.25, -0.2) is 0 Å². The monoisotopic (exact) mass is 345 g/mol. The van der Waals surface area contributed by atoms with Gasteiger partial charge in [-0.2, -0.15) is 0 Å². The molecule has 1 unspecified atom stereocenters. The van der Waals surface area contributed by atoms with Crippen LogP contribution in [-0.2, 0) is 0 Å². The lowest BCUT2D eigenvalue weighted by Crippen LogP contribution is -2.27. The van der Waals surface area contributed by atoms with Crippen LogP contribution in [0.15, 0.2) is 65.0 Å². The number of hydrogen-bond acceptors (Lipinski definition) is 1. The van der Waals surface area contributed by atoms with Crippen LogP contribution in [0.3, 0.4) is 0 Å². The van der Waals surface area contributed by atoms with Crippen LogP contribution in [0.4, 0.5) is 5.69 Å². The molecule has 1 nitrogen and oxygen atoms in total. The van der Waals surface area contributed by atoms with Crippen LogP contribution in [0.1, 0.15) is 57.6 Å². The number of para-hydroxylation sites is 1. The van der Waals surface area contributed by atoms with E-state index in [2.05, 4.69) is 87.3 Å². The molecule has 0 aromatic heterocycles. The average Bonchev–Trinajstić information content (AvgIpc) is 3.10. The molecular weight excluding hydrogens is 314 g/mol. The maximum absolute atomic E-state index is 3.85. The maximum Gasteiger partial charge on any atom is 0.0445 e. The highest BCUT2D eigenvalue weighted by Gasteiger charge is 2.29.